The third kappa shape index (κ3) is 8.68. The minimum atomic E-state index is -2.78. The number of carboxylic acids is 1. The number of aryl methyl sites for hydroxylation is 1. The van der Waals surface area contributed by atoms with Crippen molar-refractivity contribution in [2.24, 2.45) is 0 Å². The average molecular weight is 603 g/mol. The zero-order valence-corrected chi connectivity index (χ0v) is 23.4. The van der Waals surface area contributed by atoms with Gasteiger partial charge in [0.15, 0.2) is 0 Å². The summed E-state index contributed by atoms with van der Waals surface area (Å²) in [5.74, 6) is -0.562. The van der Waals surface area contributed by atoms with E-state index in [0.717, 1.165) is 31.2 Å². The van der Waals surface area contributed by atoms with Crippen LogP contribution in [0.15, 0.2) is 77.3 Å². The maximum absolute atomic E-state index is 12.2. The first-order valence-corrected chi connectivity index (χ1v) is 14.0. The number of carbonyl (C=O) groups is 2. The molecule has 0 aliphatic heterocycles. The zero-order chi connectivity index (χ0) is 27.5. The van der Waals surface area contributed by atoms with Crippen LogP contribution in [0.25, 0.3) is 11.1 Å². The van der Waals surface area contributed by atoms with Crippen LogP contribution < -0.4 is 14.4 Å². The average Bonchev–Trinajstić information content (AvgIpc) is 2.91. The number of hydrogen-bond acceptors (Lipinski definition) is 5. The molecule has 0 saturated heterocycles. The van der Waals surface area contributed by atoms with Crippen molar-refractivity contribution in [2.45, 2.75) is 38.1 Å². The number of amides is 1. The van der Waals surface area contributed by atoms with E-state index < -0.39 is 23.3 Å². The first-order chi connectivity index (χ1) is 18.3. The number of benzene rings is 3. The minimum absolute atomic E-state index is 0.0937. The van der Waals surface area contributed by atoms with Crippen LogP contribution in [0, 0.1) is 0 Å². The lowest BCUT2D eigenvalue weighted by atomic mass is 10.0. The summed E-state index contributed by atoms with van der Waals surface area (Å²) in [5.41, 5.74) is 3.14. The number of methoxy groups -OCH3 is 1. The topological polar surface area (TPSA) is 119 Å². The number of carboxylic acid groups (broad SMARTS) is 1. The van der Waals surface area contributed by atoms with Gasteiger partial charge in [0.2, 0.25) is 5.91 Å². The Bertz CT molecular complexity index is 1220. The van der Waals surface area contributed by atoms with E-state index in [2.05, 4.69) is 21.2 Å². The SMILES string of the molecule is COc1ccc(CCC(=O)NCCCCC(C(=O)O)N(c2ccc(-c3ccc(Br)cc3)cc2)S(=O)[O-])cc1. The second kappa shape index (κ2) is 14.7. The van der Waals surface area contributed by atoms with E-state index in [-0.39, 0.29) is 18.0 Å². The molecule has 3 aromatic rings. The van der Waals surface area contributed by atoms with Crippen LogP contribution in [0.4, 0.5) is 5.69 Å². The van der Waals surface area contributed by atoms with E-state index in [0.29, 0.717) is 32.2 Å². The van der Waals surface area contributed by atoms with Gasteiger partial charge in [-0.3, -0.25) is 13.3 Å². The Hall–Kier alpha value is -3.21. The molecule has 0 aliphatic carbocycles. The van der Waals surface area contributed by atoms with Gasteiger partial charge in [-0.05, 0) is 78.8 Å². The lowest BCUT2D eigenvalue weighted by Gasteiger charge is -2.32. The highest BCUT2D eigenvalue weighted by atomic mass is 79.9. The predicted octanol–water partition coefficient (Wildman–Crippen LogP) is 5.10. The number of aliphatic carboxylic acids is 1. The number of carbonyl (C=O) groups excluding carboxylic acids is 1. The highest BCUT2D eigenvalue weighted by Crippen LogP contribution is 2.27. The third-order valence-corrected chi connectivity index (χ3v) is 7.37. The Morgan fingerprint density at radius 3 is 2.16 bits per heavy atom. The zero-order valence-electron chi connectivity index (χ0n) is 21.0. The molecular weight excluding hydrogens is 572 g/mol. The fourth-order valence-electron chi connectivity index (χ4n) is 3.98. The van der Waals surface area contributed by atoms with Gasteiger partial charge in [-0.1, -0.05) is 52.3 Å². The van der Waals surface area contributed by atoms with E-state index in [1.807, 2.05) is 48.5 Å². The summed E-state index contributed by atoms with van der Waals surface area (Å²) in [6.45, 7) is 0.385. The Morgan fingerprint density at radius 2 is 1.61 bits per heavy atom. The van der Waals surface area contributed by atoms with Crippen LogP contribution in [0.2, 0.25) is 0 Å². The van der Waals surface area contributed by atoms with Gasteiger partial charge >= 0.3 is 5.97 Å². The molecule has 10 heteroatoms. The smallest absolute Gasteiger partial charge is 0.327 e. The first kappa shape index (κ1) is 29.3. The molecule has 0 aliphatic rings. The molecule has 0 aromatic heterocycles. The monoisotopic (exact) mass is 601 g/mol. The fourth-order valence-corrected chi connectivity index (χ4v) is 4.94. The van der Waals surface area contributed by atoms with Crippen LogP contribution in [0.5, 0.6) is 5.75 Å². The van der Waals surface area contributed by atoms with Gasteiger partial charge in [0.25, 0.3) is 0 Å². The molecule has 38 heavy (non-hydrogen) atoms. The van der Waals surface area contributed by atoms with E-state index >= 15 is 0 Å². The molecule has 2 N–H and O–H groups in total. The van der Waals surface area contributed by atoms with Crippen LogP contribution in [0.3, 0.4) is 0 Å². The van der Waals surface area contributed by atoms with Gasteiger partial charge in [-0.15, -0.1) is 0 Å². The van der Waals surface area contributed by atoms with Gasteiger partial charge in [0.05, 0.1) is 7.11 Å². The molecule has 202 valence electrons. The lowest BCUT2D eigenvalue weighted by Crippen LogP contribution is -2.42. The van der Waals surface area contributed by atoms with Gasteiger partial charge in [0.1, 0.15) is 11.8 Å². The summed E-state index contributed by atoms with van der Waals surface area (Å²) in [6.07, 6.45) is 2.00. The molecule has 1 amide bonds. The molecule has 2 unspecified atom stereocenters. The normalized spacial score (nSPS) is 12.4. The molecule has 0 bridgehead atoms. The summed E-state index contributed by atoms with van der Waals surface area (Å²) in [7, 11) is 1.60. The number of nitrogens with zero attached hydrogens (tertiary/aromatic N) is 1. The standard InChI is InChI=1S/C28H31BrN2O6S/c1-37-25-16-5-20(6-17-25)7-18-27(32)30-19-3-2-4-26(28(33)34)31(38(35)36)24-14-10-22(11-15-24)21-8-12-23(29)13-9-21/h5-6,8-17,26H,2-4,7,18-19H2,1H3,(H,30,32)(H,33,34)(H,35,36)/p-1. The van der Waals surface area contributed by atoms with Crippen LogP contribution in [0.1, 0.15) is 31.2 Å². The van der Waals surface area contributed by atoms with Crippen molar-refractivity contribution in [3.8, 4) is 16.9 Å². The summed E-state index contributed by atoms with van der Waals surface area (Å²) in [6, 6.07) is 20.7. The van der Waals surface area contributed by atoms with E-state index in [4.69, 9.17) is 4.74 Å². The quantitative estimate of drug-likeness (QED) is 0.196. The van der Waals surface area contributed by atoms with E-state index in [9.17, 15) is 23.5 Å². The Labute approximate surface area is 233 Å². The van der Waals surface area contributed by atoms with Crippen molar-refractivity contribution in [3.05, 3.63) is 82.8 Å². The van der Waals surface area contributed by atoms with Crippen molar-refractivity contribution in [2.75, 3.05) is 18.0 Å². The Morgan fingerprint density at radius 1 is 1.00 bits per heavy atom. The van der Waals surface area contributed by atoms with Crippen molar-refractivity contribution in [1.82, 2.24) is 5.32 Å². The molecule has 0 saturated carbocycles. The van der Waals surface area contributed by atoms with Crippen LogP contribution >= 0.6 is 15.9 Å². The maximum Gasteiger partial charge on any atom is 0.327 e. The third-order valence-electron chi connectivity index (χ3n) is 6.05. The summed E-state index contributed by atoms with van der Waals surface area (Å²) in [5, 5.41) is 12.6. The highest BCUT2D eigenvalue weighted by molar-refractivity contribution is 9.10. The number of unbranched alkanes of at least 4 members (excludes halogenated alkanes) is 1. The minimum Gasteiger partial charge on any atom is -0.755 e. The fraction of sp³-hybridized carbons (Fsp3) is 0.286. The maximum atomic E-state index is 12.2. The number of anilines is 1. The molecule has 0 radical (unpaired) electrons. The number of rotatable bonds is 14. The summed E-state index contributed by atoms with van der Waals surface area (Å²) in [4.78, 5) is 24.1. The largest absolute Gasteiger partial charge is 0.755 e. The van der Waals surface area contributed by atoms with Crippen molar-refractivity contribution < 1.29 is 28.2 Å². The molecule has 2 atom stereocenters. The van der Waals surface area contributed by atoms with Crippen LogP contribution in [-0.2, 0) is 27.3 Å². The molecule has 3 rings (SSSR count). The number of hydrogen-bond donors (Lipinski definition) is 2. The summed E-state index contributed by atoms with van der Waals surface area (Å²) >= 11 is 0.618. The lowest BCUT2D eigenvalue weighted by molar-refractivity contribution is -0.138. The van der Waals surface area contributed by atoms with Crippen molar-refractivity contribution in [1.29, 1.82) is 0 Å². The Kier molecular flexibility index (Phi) is 11.3. The number of ether oxygens (including phenoxy) is 1. The Balaban J connectivity index is 1.50. The van der Waals surface area contributed by atoms with Crippen LogP contribution in [-0.4, -0.2) is 45.4 Å². The molecule has 0 spiro atoms. The van der Waals surface area contributed by atoms with Gasteiger partial charge in [0, 0.05) is 34.4 Å². The second-order valence-electron chi connectivity index (χ2n) is 8.64. The predicted molar refractivity (Wildman–Crippen MR) is 151 cm³/mol. The van der Waals surface area contributed by atoms with Crippen molar-refractivity contribution >= 4 is 44.8 Å². The molecule has 0 heterocycles. The van der Waals surface area contributed by atoms with Gasteiger partial charge < -0.3 is 19.7 Å². The van der Waals surface area contributed by atoms with E-state index in [1.54, 1.807) is 31.4 Å². The molecule has 3 aromatic carbocycles. The molecule has 0 fully saturated rings. The van der Waals surface area contributed by atoms with Gasteiger partial charge in [-0.25, -0.2) is 4.79 Å². The van der Waals surface area contributed by atoms with Crippen molar-refractivity contribution in [3.63, 3.8) is 0 Å². The number of halogens is 1. The number of nitrogens with one attached hydrogen (secondary N) is 1. The highest BCUT2D eigenvalue weighted by Gasteiger charge is 2.26. The second-order valence-corrected chi connectivity index (χ2v) is 10.4. The van der Waals surface area contributed by atoms with Gasteiger partial charge in [-0.2, -0.15) is 0 Å². The summed E-state index contributed by atoms with van der Waals surface area (Å²) < 4.78 is 31.0. The van der Waals surface area contributed by atoms with E-state index in [1.165, 1.54) is 0 Å². The molecular formula is C28H30BrN2O6S-. The first-order valence-electron chi connectivity index (χ1n) is 12.2. The molecule has 8 nitrogen and oxygen atoms in total.